The van der Waals surface area contributed by atoms with Crippen LogP contribution in [0.25, 0.3) is 0 Å². The number of aromatic hydroxyl groups is 1. The van der Waals surface area contributed by atoms with E-state index in [4.69, 9.17) is 0 Å². The first-order valence-corrected chi connectivity index (χ1v) is 7.05. The number of aliphatic hydroxyl groups is 1. The molecule has 3 nitrogen and oxygen atoms in total. The topological polar surface area (TPSA) is 52.5 Å². The second-order valence-electron chi connectivity index (χ2n) is 4.62. The Balaban J connectivity index is 2.49. The van der Waals surface area contributed by atoms with Gasteiger partial charge in [0.1, 0.15) is 5.75 Å². The van der Waals surface area contributed by atoms with Gasteiger partial charge < -0.3 is 15.5 Å². The Morgan fingerprint density at radius 3 is 2.76 bits per heavy atom. The molecule has 96 valence electrons. The van der Waals surface area contributed by atoms with E-state index < -0.39 is 5.60 Å². The van der Waals surface area contributed by atoms with Crippen molar-refractivity contribution in [3.63, 3.8) is 0 Å². The Labute approximate surface area is 107 Å². The lowest BCUT2D eigenvalue weighted by Gasteiger charge is -2.22. The van der Waals surface area contributed by atoms with Crippen molar-refractivity contribution in [3.8, 4) is 5.75 Å². The highest BCUT2D eigenvalue weighted by Gasteiger charge is 2.18. The normalized spacial score (nSPS) is 14.6. The molecule has 0 heterocycles. The van der Waals surface area contributed by atoms with Gasteiger partial charge in [-0.25, -0.2) is 0 Å². The van der Waals surface area contributed by atoms with Gasteiger partial charge in [-0.15, -0.1) is 0 Å². The fourth-order valence-corrected chi connectivity index (χ4v) is 2.41. The van der Waals surface area contributed by atoms with Gasteiger partial charge in [-0.2, -0.15) is 11.8 Å². The Kier molecular flexibility index (Phi) is 5.31. The zero-order valence-corrected chi connectivity index (χ0v) is 11.5. The summed E-state index contributed by atoms with van der Waals surface area (Å²) >= 11 is 1.62. The molecule has 17 heavy (non-hydrogen) atoms. The van der Waals surface area contributed by atoms with Crippen LogP contribution in [-0.4, -0.2) is 34.4 Å². The predicted molar refractivity (Wildman–Crippen MR) is 73.6 cm³/mol. The molecule has 0 aliphatic heterocycles. The fraction of sp³-hybridized carbons (Fsp3) is 0.538. The quantitative estimate of drug-likeness (QED) is 0.727. The van der Waals surface area contributed by atoms with Gasteiger partial charge in [0.2, 0.25) is 0 Å². The molecule has 4 heteroatoms. The third kappa shape index (κ3) is 4.58. The minimum Gasteiger partial charge on any atom is -0.507 e. The van der Waals surface area contributed by atoms with Gasteiger partial charge in [0.25, 0.3) is 0 Å². The lowest BCUT2D eigenvalue weighted by atomic mass is 10.1. The molecule has 0 saturated carbocycles. The van der Waals surface area contributed by atoms with E-state index in [1.54, 1.807) is 11.8 Å². The van der Waals surface area contributed by atoms with Crippen LogP contribution in [0.5, 0.6) is 5.75 Å². The molecule has 0 aliphatic rings. The summed E-state index contributed by atoms with van der Waals surface area (Å²) in [4.78, 5) is 0. The van der Waals surface area contributed by atoms with Crippen LogP contribution in [0.4, 0.5) is 0 Å². The summed E-state index contributed by atoms with van der Waals surface area (Å²) in [5, 5.41) is 23.0. The Morgan fingerprint density at radius 2 is 2.12 bits per heavy atom. The molecule has 3 N–H and O–H groups in total. The zero-order valence-electron chi connectivity index (χ0n) is 10.7. The number of nitrogens with one attached hydrogen (secondary N) is 1. The van der Waals surface area contributed by atoms with Crippen molar-refractivity contribution in [1.29, 1.82) is 0 Å². The monoisotopic (exact) mass is 255 g/mol. The molecule has 0 aromatic heterocycles. The van der Waals surface area contributed by atoms with Gasteiger partial charge in [0.05, 0.1) is 5.60 Å². The lowest BCUT2D eigenvalue weighted by Crippen LogP contribution is -2.39. The van der Waals surface area contributed by atoms with Crippen LogP contribution >= 0.6 is 11.8 Å². The van der Waals surface area contributed by atoms with E-state index in [9.17, 15) is 10.2 Å². The summed E-state index contributed by atoms with van der Waals surface area (Å²) < 4.78 is 0. The second-order valence-corrected chi connectivity index (χ2v) is 5.48. The van der Waals surface area contributed by atoms with E-state index in [-0.39, 0.29) is 0 Å². The highest BCUT2D eigenvalue weighted by atomic mass is 32.2. The molecular formula is C13H21NO2S. The molecule has 1 unspecified atom stereocenters. The predicted octanol–water partition coefficient (Wildman–Crippen LogP) is 1.90. The number of para-hydroxylation sites is 1. The summed E-state index contributed by atoms with van der Waals surface area (Å²) in [7, 11) is 0. The van der Waals surface area contributed by atoms with Gasteiger partial charge in [0.15, 0.2) is 0 Å². The molecule has 0 amide bonds. The van der Waals surface area contributed by atoms with Crippen molar-refractivity contribution < 1.29 is 10.2 Å². The molecule has 1 aromatic carbocycles. The molecule has 0 aliphatic carbocycles. The molecule has 0 fully saturated rings. The molecule has 1 atom stereocenters. The van der Waals surface area contributed by atoms with Crippen molar-refractivity contribution >= 4 is 11.8 Å². The zero-order chi connectivity index (χ0) is 12.9. The molecular weight excluding hydrogens is 234 g/mol. The maximum absolute atomic E-state index is 9.97. The van der Waals surface area contributed by atoms with Crippen LogP contribution in [0, 0.1) is 6.92 Å². The van der Waals surface area contributed by atoms with Gasteiger partial charge >= 0.3 is 0 Å². The van der Waals surface area contributed by atoms with Crippen LogP contribution in [0.15, 0.2) is 18.2 Å². The Hall–Kier alpha value is -0.710. The highest BCUT2D eigenvalue weighted by Crippen LogP contribution is 2.21. The summed E-state index contributed by atoms with van der Waals surface area (Å²) in [6, 6.07) is 5.69. The molecule has 1 aromatic rings. The van der Waals surface area contributed by atoms with Crippen molar-refractivity contribution in [2.45, 2.75) is 26.0 Å². The standard InChI is InChI=1S/C13H21NO2S/c1-10-5-4-6-11(12(10)15)7-14-8-13(2,16)9-17-3/h4-6,14-16H,7-9H2,1-3H3. The van der Waals surface area contributed by atoms with Gasteiger partial charge in [0, 0.05) is 24.4 Å². The molecule has 0 radical (unpaired) electrons. The summed E-state index contributed by atoms with van der Waals surface area (Å²) in [5.41, 5.74) is 1.03. The SMILES string of the molecule is CSCC(C)(O)CNCc1cccc(C)c1O. The number of benzene rings is 1. The number of thioether (sulfide) groups is 1. The Morgan fingerprint density at radius 1 is 1.41 bits per heavy atom. The maximum atomic E-state index is 9.97. The first kappa shape index (κ1) is 14.4. The van der Waals surface area contributed by atoms with E-state index in [1.807, 2.05) is 38.3 Å². The van der Waals surface area contributed by atoms with Crippen LogP contribution in [0.2, 0.25) is 0 Å². The number of phenols is 1. The third-order valence-electron chi connectivity index (χ3n) is 2.60. The maximum Gasteiger partial charge on any atom is 0.122 e. The van der Waals surface area contributed by atoms with Crippen LogP contribution < -0.4 is 5.32 Å². The van der Waals surface area contributed by atoms with Crippen molar-refractivity contribution in [2.24, 2.45) is 0 Å². The third-order valence-corrected chi connectivity index (χ3v) is 3.51. The van der Waals surface area contributed by atoms with Crippen molar-refractivity contribution in [1.82, 2.24) is 5.32 Å². The fourth-order valence-electron chi connectivity index (χ4n) is 1.69. The molecule has 0 bridgehead atoms. The van der Waals surface area contributed by atoms with Crippen LogP contribution in [-0.2, 0) is 6.54 Å². The van der Waals surface area contributed by atoms with Gasteiger partial charge in [-0.05, 0) is 25.7 Å². The number of hydrogen-bond acceptors (Lipinski definition) is 4. The average molecular weight is 255 g/mol. The Bertz CT molecular complexity index is 366. The van der Waals surface area contributed by atoms with Gasteiger partial charge in [-0.3, -0.25) is 0 Å². The largest absolute Gasteiger partial charge is 0.507 e. The number of rotatable bonds is 6. The first-order valence-electron chi connectivity index (χ1n) is 5.66. The van der Waals surface area contributed by atoms with Crippen LogP contribution in [0.1, 0.15) is 18.1 Å². The summed E-state index contributed by atoms with van der Waals surface area (Å²) in [6.07, 6.45) is 1.97. The van der Waals surface area contributed by atoms with E-state index in [0.717, 1.165) is 11.1 Å². The number of hydrogen-bond donors (Lipinski definition) is 3. The van der Waals surface area contributed by atoms with E-state index in [1.165, 1.54) is 0 Å². The minimum absolute atomic E-state index is 0.338. The van der Waals surface area contributed by atoms with E-state index in [2.05, 4.69) is 5.32 Å². The highest BCUT2D eigenvalue weighted by molar-refractivity contribution is 7.98. The molecule has 0 saturated heterocycles. The van der Waals surface area contributed by atoms with Gasteiger partial charge in [-0.1, -0.05) is 18.2 Å². The second kappa shape index (κ2) is 6.28. The van der Waals surface area contributed by atoms with Crippen molar-refractivity contribution in [2.75, 3.05) is 18.6 Å². The first-order chi connectivity index (χ1) is 7.96. The van der Waals surface area contributed by atoms with Crippen LogP contribution in [0.3, 0.4) is 0 Å². The van der Waals surface area contributed by atoms with E-state index >= 15 is 0 Å². The lowest BCUT2D eigenvalue weighted by molar-refractivity contribution is 0.0845. The summed E-state index contributed by atoms with van der Waals surface area (Å²) in [5.74, 6) is 1.03. The summed E-state index contributed by atoms with van der Waals surface area (Å²) in [6.45, 7) is 4.77. The van der Waals surface area contributed by atoms with Crippen molar-refractivity contribution in [3.05, 3.63) is 29.3 Å². The minimum atomic E-state index is -0.709. The smallest absolute Gasteiger partial charge is 0.122 e. The molecule has 1 rings (SSSR count). The number of aryl methyl sites for hydroxylation is 1. The average Bonchev–Trinajstić information content (AvgIpc) is 2.24. The van der Waals surface area contributed by atoms with E-state index in [0.29, 0.717) is 24.6 Å². The molecule has 0 spiro atoms. The number of phenolic OH excluding ortho intramolecular Hbond substituents is 1.